The number of carbonyl (C=O) groups is 2. The van der Waals surface area contributed by atoms with Crippen LogP contribution in [-0.2, 0) is 41.4 Å². The number of sulfonamides is 1. The first-order valence-corrected chi connectivity index (χ1v) is 16.1. The lowest BCUT2D eigenvalue weighted by atomic mass is 9.94. The summed E-state index contributed by atoms with van der Waals surface area (Å²) in [6, 6.07) is 7.02. The molecule has 16 heteroatoms. The number of furan rings is 1. The number of hydrogen-bond donors (Lipinski definition) is 3. The lowest BCUT2D eigenvalue weighted by Crippen LogP contribution is -2.63. The molecule has 250 valence electrons. The highest BCUT2D eigenvalue weighted by Gasteiger charge is 2.48. The van der Waals surface area contributed by atoms with Crippen LogP contribution in [0.3, 0.4) is 0 Å². The van der Waals surface area contributed by atoms with Gasteiger partial charge < -0.3 is 29.1 Å². The van der Waals surface area contributed by atoms with Crippen LogP contribution >= 0.6 is 11.6 Å². The van der Waals surface area contributed by atoms with Crippen LogP contribution in [0.4, 0.5) is 14.5 Å². The average molecular weight is 686 g/mol. The molecule has 1 aromatic heterocycles. The van der Waals surface area contributed by atoms with Crippen LogP contribution in [0.2, 0.25) is 5.02 Å². The van der Waals surface area contributed by atoms with Gasteiger partial charge in [-0.25, -0.2) is 27.1 Å². The molecule has 3 aromatic rings. The number of halogens is 3. The molecule has 1 fully saturated rings. The first-order chi connectivity index (χ1) is 21.6. The topological polar surface area (TPSA) is 171 Å². The third-order valence-electron chi connectivity index (χ3n) is 7.46. The largest absolute Gasteiger partial charge is 0.467 e. The molecule has 2 aromatic carbocycles. The molecule has 4 N–H and O–H groups in total. The van der Waals surface area contributed by atoms with E-state index < -0.39 is 56.5 Å². The van der Waals surface area contributed by atoms with Crippen molar-refractivity contribution >= 4 is 39.3 Å². The van der Waals surface area contributed by atoms with Crippen LogP contribution in [0.5, 0.6) is 0 Å². The number of nitrogens with one attached hydrogen (secondary N) is 1. The fourth-order valence-corrected chi connectivity index (χ4v) is 6.35. The number of hydrogen-bond acceptors (Lipinski definition) is 11. The molecule has 1 saturated heterocycles. The maximum absolute atomic E-state index is 13.9. The smallest absolute Gasteiger partial charge is 0.340 e. The molecule has 2 heterocycles. The van der Waals surface area contributed by atoms with Crippen molar-refractivity contribution in [2.24, 2.45) is 5.14 Å². The molecule has 0 saturated carbocycles. The molecule has 1 aliphatic heterocycles. The van der Waals surface area contributed by atoms with Gasteiger partial charge in [0.25, 0.3) is 0 Å². The predicted octanol–water partition coefficient (Wildman–Crippen LogP) is 4.25. The zero-order valence-corrected chi connectivity index (χ0v) is 26.7. The Hall–Kier alpha value is -3.60. The molecular formula is C30H34ClF2N3O9S. The van der Waals surface area contributed by atoms with Gasteiger partial charge in [0.15, 0.2) is 6.23 Å². The molecule has 0 aliphatic carbocycles. The van der Waals surface area contributed by atoms with Crippen LogP contribution < -0.4 is 10.5 Å². The molecule has 1 unspecified atom stereocenters. The van der Waals surface area contributed by atoms with Crippen molar-refractivity contribution in [2.45, 2.75) is 69.2 Å². The van der Waals surface area contributed by atoms with Crippen LogP contribution in [0.1, 0.15) is 55.3 Å². The highest BCUT2D eigenvalue weighted by molar-refractivity contribution is 7.89. The Morgan fingerprint density at radius 2 is 1.91 bits per heavy atom. The molecule has 0 amide bonds. The first kappa shape index (κ1) is 35.3. The standard InChI is InChI=1S/C30H34ClF2N3O9S/c1-17-16-44-30(39,20-10-21(32)12-22(33)11-20)18(2)36(17)19(3)45-28(37)7-5-9-43-29(38)24-13-27(46(34,40)41)25(31)14-26(24)35-15-23-6-4-8-42-23/h4,6,8,10-14,17-19,35,39H,5,7,9,15-16H2,1-3H3,(H2,34,40,41)/t17-,18+,19?,30-/m1/s1. The summed E-state index contributed by atoms with van der Waals surface area (Å²) in [7, 11) is -4.26. The molecule has 0 radical (unpaired) electrons. The second-order valence-electron chi connectivity index (χ2n) is 10.8. The van der Waals surface area contributed by atoms with E-state index >= 15 is 0 Å². The summed E-state index contributed by atoms with van der Waals surface area (Å²) in [4.78, 5) is 26.9. The van der Waals surface area contributed by atoms with Crippen LogP contribution in [0.25, 0.3) is 0 Å². The van der Waals surface area contributed by atoms with Gasteiger partial charge in [-0.2, -0.15) is 0 Å². The van der Waals surface area contributed by atoms with Crippen molar-refractivity contribution < 1.29 is 50.5 Å². The van der Waals surface area contributed by atoms with E-state index in [9.17, 15) is 31.9 Å². The van der Waals surface area contributed by atoms with Gasteiger partial charge in [-0.3, -0.25) is 9.69 Å². The van der Waals surface area contributed by atoms with Gasteiger partial charge in [0.2, 0.25) is 15.8 Å². The van der Waals surface area contributed by atoms with Crippen LogP contribution in [0, 0.1) is 11.6 Å². The third kappa shape index (κ3) is 8.21. The van der Waals surface area contributed by atoms with E-state index in [4.69, 9.17) is 35.4 Å². The minimum atomic E-state index is -4.26. The summed E-state index contributed by atoms with van der Waals surface area (Å²) in [6.07, 6.45) is 0.494. The number of anilines is 1. The van der Waals surface area contributed by atoms with E-state index in [-0.39, 0.29) is 60.5 Å². The molecular weight excluding hydrogens is 652 g/mol. The summed E-state index contributed by atoms with van der Waals surface area (Å²) in [5.74, 6) is -4.85. The van der Waals surface area contributed by atoms with Crippen LogP contribution in [-0.4, -0.2) is 61.9 Å². The van der Waals surface area contributed by atoms with E-state index in [0.29, 0.717) is 11.8 Å². The van der Waals surface area contributed by atoms with E-state index in [1.54, 1.807) is 37.8 Å². The average Bonchev–Trinajstić information content (AvgIpc) is 3.49. The van der Waals surface area contributed by atoms with E-state index in [0.717, 1.165) is 18.2 Å². The van der Waals surface area contributed by atoms with Crippen molar-refractivity contribution in [3.63, 3.8) is 0 Å². The van der Waals surface area contributed by atoms with Gasteiger partial charge in [0, 0.05) is 24.1 Å². The zero-order valence-electron chi connectivity index (χ0n) is 25.2. The number of aliphatic hydroxyl groups is 1. The predicted molar refractivity (Wildman–Crippen MR) is 161 cm³/mol. The maximum Gasteiger partial charge on any atom is 0.340 e. The lowest BCUT2D eigenvalue weighted by Gasteiger charge is -2.50. The number of morpholine rings is 1. The van der Waals surface area contributed by atoms with Crippen LogP contribution in [0.15, 0.2) is 58.0 Å². The van der Waals surface area contributed by atoms with Gasteiger partial charge in [0.05, 0.1) is 48.3 Å². The molecule has 0 spiro atoms. The van der Waals surface area contributed by atoms with Crippen molar-refractivity contribution in [3.05, 3.63) is 82.3 Å². The second-order valence-corrected chi connectivity index (χ2v) is 12.7. The van der Waals surface area contributed by atoms with Crippen molar-refractivity contribution in [1.82, 2.24) is 4.90 Å². The minimum absolute atomic E-state index is 0.0208. The highest BCUT2D eigenvalue weighted by atomic mass is 35.5. The summed E-state index contributed by atoms with van der Waals surface area (Å²) in [6.45, 7) is 4.86. The van der Waals surface area contributed by atoms with Gasteiger partial charge in [-0.15, -0.1) is 0 Å². The first-order valence-electron chi connectivity index (χ1n) is 14.2. The number of nitrogens with two attached hydrogens (primary N) is 1. The van der Waals surface area contributed by atoms with Gasteiger partial charge in [0.1, 0.15) is 22.3 Å². The molecule has 0 bridgehead atoms. The Morgan fingerprint density at radius 1 is 1.22 bits per heavy atom. The number of carbonyl (C=O) groups excluding carboxylic acids is 2. The number of benzene rings is 2. The van der Waals surface area contributed by atoms with Crippen molar-refractivity contribution in [2.75, 3.05) is 18.5 Å². The Labute approximate surface area is 269 Å². The number of esters is 2. The van der Waals surface area contributed by atoms with Gasteiger partial charge in [-0.05, 0) is 63.6 Å². The number of nitrogens with zero attached hydrogens (tertiary/aromatic N) is 1. The summed E-state index contributed by atoms with van der Waals surface area (Å²) in [5.41, 5.74) is -0.107. The Bertz CT molecular complexity index is 1660. The number of ether oxygens (including phenoxy) is 3. The molecule has 1 aliphatic rings. The van der Waals surface area contributed by atoms with Gasteiger partial charge >= 0.3 is 11.9 Å². The SMILES string of the molecule is CC(OC(=O)CCCOC(=O)c1cc(S(N)(=O)=O)c(Cl)cc1NCc1ccco1)N1[C@H](C)CO[C@@](O)(c2cc(F)cc(F)c2)[C@@H]1C. The van der Waals surface area contributed by atoms with E-state index in [1.807, 2.05) is 0 Å². The Morgan fingerprint density at radius 3 is 2.54 bits per heavy atom. The number of rotatable bonds is 12. The lowest BCUT2D eigenvalue weighted by molar-refractivity contribution is -0.303. The number of primary sulfonamides is 1. The van der Waals surface area contributed by atoms with Crippen molar-refractivity contribution in [3.8, 4) is 0 Å². The molecule has 12 nitrogen and oxygen atoms in total. The summed E-state index contributed by atoms with van der Waals surface area (Å²) < 4.78 is 73.6. The quantitative estimate of drug-likeness (QED) is 0.184. The maximum atomic E-state index is 13.9. The van der Waals surface area contributed by atoms with Crippen molar-refractivity contribution in [1.29, 1.82) is 0 Å². The second kappa shape index (κ2) is 14.4. The highest BCUT2D eigenvalue weighted by Crippen LogP contribution is 2.37. The van der Waals surface area contributed by atoms with E-state index in [1.165, 1.54) is 12.3 Å². The van der Waals surface area contributed by atoms with Gasteiger partial charge in [-0.1, -0.05) is 11.6 Å². The third-order valence-corrected chi connectivity index (χ3v) is 8.83. The summed E-state index contributed by atoms with van der Waals surface area (Å²) in [5, 5.41) is 19.3. The molecule has 4 rings (SSSR count). The van der Waals surface area contributed by atoms with E-state index in [2.05, 4.69) is 5.32 Å². The molecule has 4 atom stereocenters. The summed E-state index contributed by atoms with van der Waals surface area (Å²) >= 11 is 6.11. The minimum Gasteiger partial charge on any atom is -0.467 e. The Balaban J connectivity index is 1.35. The molecule has 46 heavy (non-hydrogen) atoms. The monoisotopic (exact) mass is 685 g/mol. The fraction of sp³-hybridized carbons (Fsp3) is 0.400. The Kier molecular flexibility index (Phi) is 11.1. The fourth-order valence-electron chi connectivity index (χ4n) is 5.25. The normalized spacial score (nSPS) is 21.0. The zero-order chi connectivity index (χ0) is 33.8.